The molecule has 0 bridgehead atoms. The summed E-state index contributed by atoms with van der Waals surface area (Å²) in [5, 5.41) is 3.40. The van der Waals surface area contributed by atoms with Gasteiger partial charge in [-0.05, 0) is 56.1 Å². The van der Waals surface area contributed by atoms with E-state index in [1.165, 1.54) is 6.92 Å². The van der Waals surface area contributed by atoms with Gasteiger partial charge in [0.25, 0.3) is 0 Å². The van der Waals surface area contributed by atoms with E-state index in [9.17, 15) is 13.2 Å². The summed E-state index contributed by atoms with van der Waals surface area (Å²) in [4.78, 5) is 12.2. The van der Waals surface area contributed by atoms with Crippen LogP contribution in [0.2, 0.25) is 5.28 Å². The molecule has 0 aliphatic carbocycles. The maximum absolute atomic E-state index is 12.4. The molecule has 0 aliphatic heterocycles. The molecule has 0 amide bonds. The summed E-state index contributed by atoms with van der Waals surface area (Å²) in [6, 6.07) is 7.02. The highest BCUT2D eigenvalue weighted by molar-refractivity contribution is 6.28. The number of aryl methyl sites for hydroxylation is 1. The Labute approximate surface area is 160 Å². The third kappa shape index (κ3) is 5.96. The lowest BCUT2D eigenvalue weighted by atomic mass is 10.1. The molecule has 0 saturated carbocycles. The molecule has 2 rings (SSSR count). The summed E-state index contributed by atoms with van der Waals surface area (Å²) in [5.41, 5.74) is 6.30. The molecular weight excluding hydrogens is 379 g/mol. The van der Waals surface area contributed by atoms with Crippen molar-refractivity contribution in [2.45, 2.75) is 33.0 Å². The predicted molar refractivity (Wildman–Crippen MR) is 101 cm³/mol. The second-order valence-electron chi connectivity index (χ2n) is 5.98. The van der Waals surface area contributed by atoms with E-state index in [4.69, 9.17) is 17.3 Å². The van der Waals surface area contributed by atoms with Crippen LogP contribution in [0.3, 0.4) is 0 Å². The van der Waals surface area contributed by atoms with Crippen LogP contribution in [0, 0.1) is 6.92 Å². The van der Waals surface area contributed by atoms with E-state index in [1.54, 1.807) is 18.3 Å². The normalized spacial score (nSPS) is 14.2. The van der Waals surface area contributed by atoms with Crippen molar-refractivity contribution in [3.8, 4) is 0 Å². The first-order chi connectivity index (χ1) is 12.6. The number of allylic oxidation sites excluding steroid dienone is 2. The summed E-state index contributed by atoms with van der Waals surface area (Å²) < 4.78 is 37.3. The first kappa shape index (κ1) is 20.7. The largest absolute Gasteiger partial charge is 0.430 e. The maximum atomic E-state index is 12.4. The number of aromatic nitrogens is 2. The number of hydrogen-bond donors (Lipinski definition) is 2. The Kier molecular flexibility index (Phi) is 6.43. The number of nitrogens with zero attached hydrogens (tertiary/aromatic N) is 3. The third-order valence-electron chi connectivity index (χ3n) is 3.69. The zero-order valence-corrected chi connectivity index (χ0v) is 15.7. The van der Waals surface area contributed by atoms with E-state index in [0.717, 1.165) is 17.2 Å². The summed E-state index contributed by atoms with van der Waals surface area (Å²) in [7, 11) is 0. The molecule has 2 aromatic rings. The number of nitrogens with one attached hydrogen (secondary N) is 1. The molecule has 1 heterocycles. The van der Waals surface area contributed by atoms with Gasteiger partial charge in [0, 0.05) is 23.5 Å². The first-order valence-corrected chi connectivity index (χ1v) is 8.39. The topological polar surface area (TPSA) is 76.2 Å². The molecule has 27 heavy (non-hydrogen) atoms. The fourth-order valence-electron chi connectivity index (χ4n) is 2.24. The molecule has 9 heteroatoms. The van der Waals surface area contributed by atoms with Gasteiger partial charge < -0.3 is 11.1 Å². The van der Waals surface area contributed by atoms with Gasteiger partial charge in [-0.1, -0.05) is 12.1 Å². The van der Waals surface area contributed by atoms with Crippen molar-refractivity contribution in [2.75, 3.05) is 5.32 Å². The molecule has 0 radical (unpaired) electrons. The van der Waals surface area contributed by atoms with Crippen molar-refractivity contribution >= 4 is 28.8 Å². The minimum absolute atomic E-state index is 0.0745. The van der Waals surface area contributed by atoms with E-state index in [1.807, 2.05) is 26.0 Å². The van der Waals surface area contributed by atoms with Gasteiger partial charge >= 0.3 is 6.18 Å². The molecule has 1 aromatic carbocycles. The molecule has 3 N–H and O–H groups in total. The summed E-state index contributed by atoms with van der Waals surface area (Å²) >= 11 is 5.82. The Morgan fingerprint density at radius 2 is 1.93 bits per heavy atom. The molecule has 0 fully saturated rings. The quantitative estimate of drug-likeness (QED) is 0.543. The van der Waals surface area contributed by atoms with E-state index < -0.39 is 11.9 Å². The van der Waals surface area contributed by atoms with Gasteiger partial charge in [-0.15, -0.1) is 0 Å². The van der Waals surface area contributed by atoms with E-state index in [0.29, 0.717) is 11.5 Å². The van der Waals surface area contributed by atoms with Crippen molar-refractivity contribution in [1.29, 1.82) is 0 Å². The number of aliphatic imine (C=N–C) groups is 1. The van der Waals surface area contributed by atoms with Gasteiger partial charge in [-0.3, -0.25) is 4.99 Å². The summed E-state index contributed by atoms with van der Waals surface area (Å²) in [6.07, 6.45) is -2.13. The minimum Gasteiger partial charge on any atom is -0.395 e. The maximum Gasteiger partial charge on any atom is 0.430 e. The van der Waals surface area contributed by atoms with Gasteiger partial charge in [0.2, 0.25) is 5.28 Å². The molecule has 0 aliphatic rings. The van der Waals surface area contributed by atoms with Gasteiger partial charge in [-0.2, -0.15) is 13.2 Å². The van der Waals surface area contributed by atoms with Crippen LogP contribution >= 0.6 is 11.6 Å². The number of halogens is 4. The molecule has 1 aromatic heterocycles. The second kappa shape index (κ2) is 8.39. The number of benzene rings is 1. The Morgan fingerprint density at radius 3 is 2.52 bits per heavy atom. The van der Waals surface area contributed by atoms with Crippen molar-refractivity contribution in [3.63, 3.8) is 0 Å². The molecule has 0 spiro atoms. The average molecular weight is 398 g/mol. The van der Waals surface area contributed by atoms with Crippen LogP contribution < -0.4 is 11.1 Å². The number of alkyl halides is 3. The third-order valence-corrected chi connectivity index (χ3v) is 3.87. The lowest BCUT2D eigenvalue weighted by molar-refractivity contribution is -0.0925. The van der Waals surface area contributed by atoms with Gasteiger partial charge in [0.1, 0.15) is 11.5 Å². The van der Waals surface area contributed by atoms with E-state index in [2.05, 4.69) is 20.3 Å². The molecule has 1 unspecified atom stereocenters. The highest BCUT2D eigenvalue weighted by atomic mass is 35.5. The van der Waals surface area contributed by atoms with Crippen molar-refractivity contribution in [2.24, 2.45) is 10.7 Å². The fourth-order valence-corrected chi connectivity index (χ4v) is 2.37. The van der Waals surface area contributed by atoms with Crippen molar-refractivity contribution in [1.82, 2.24) is 9.97 Å². The Hall–Kier alpha value is -2.61. The highest BCUT2D eigenvalue weighted by Crippen LogP contribution is 2.24. The Morgan fingerprint density at radius 1 is 1.30 bits per heavy atom. The number of anilines is 1. The lowest BCUT2D eigenvalue weighted by Crippen LogP contribution is -2.20. The molecule has 1 atom stereocenters. The van der Waals surface area contributed by atoms with Crippen LogP contribution in [0.25, 0.3) is 0 Å². The summed E-state index contributed by atoms with van der Waals surface area (Å²) in [5.74, 6) is 0.633. The van der Waals surface area contributed by atoms with Crippen LogP contribution in [0.5, 0.6) is 0 Å². The van der Waals surface area contributed by atoms with Crippen molar-refractivity contribution < 1.29 is 13.2 Å². The summed E-state index contributed by atoms with van der Waals surface area (Å²) in [6.45, 7) is 5.27. The second-order valence-corrected chi connectivity index (χ2v) is 6.32. The highest BCUT2D eigenvalue weighted by Gasteiger charge is 2.31. The number of hydrogen-bond acceptors (Lipinski definition) is 5. The van der Waals surface area contributed by atoms with Gasteiger partial charge in [0.15, 0.2) is 0 Å². The van der Waals surface area contributed by atoms with Crippen LogP contribution in [-0.4, -0.2) is 21.9 Å². The minimum atomic E-state index is -4.57. The first-order valence-electron chi connectivity index (χ1n) is 8.01. The Bertz CT molecular complexity index is 860. The zero-order chi connectivity index (χ0) is 20.2. The van der Waals surface area contributed by atoms with Crippen molar-refractivity contribution in [3.05, 3.63) is 58.6 Å². The lowest BCUT2D eigenvalue weighted by Gasteiger charge is -2.16. The van der Waals surface area contributed by atoms with Crippen LogP contribution in [-0.2, 0) is 0 Å². The van der Waals surface area contributed by atoms with E-state index >= 15 is 0 Å². The molecule has 144 valence electrons. The monoisotopic (exact) mass is 397 g/mol. The number of rotatable bonds is 5. The van der Waals surface area contributed by atoms with Crippen LogP contribution in [0.4, 0.5) is 24.7 Å². The smallest absolute Gasteiger partial charge is 0.395 e. The molecule has 5 nitrogen and oxygen atoms in total. The molecular formula is C18H19ClF3N5. The Balaban J connectivity index is 2.12. The predicted octanol–water partition coefficient (Wildman–Crippen LogP) is 5.11. The van der Waals surface area contributed by atoms with Gasteiger partial charge in [-0.25, -0.2) is 9.97 Å². The average Bonchev–Trinajstić information content (AvgIpc) is 2.57. The fraction of sp³-hybridized carbons (Fsp3) is 0.278. The molecule has 0 saturated heterocycles. The van der Waals surface area contributed by atoms with Gasteiger partial charge in [0.05, 0.1) is 5.69 Å². The van der Waals surface area contributed by atoms with Crippen LogP contribution in [0.1, 0.15) is 31.0 Å². The SMILES string of the molecule is CC(C=C(N)C(F)(F)F)=Nc1ccc(C(C)Nc2nc(Cl)ncc2C)cc1. The zero-order valence-electron chi connectivity index (χ0n) is 15.0. The standard InChI is InChI=1S/C18H19ClF3N5/c1-10-9-24-17(19)27-16(10)26-12(3)13-4-6-14(7-5-13)25-11(2)8-15(23)18(20,21)22/h4-9,12H,23H2,1-3H3,(H,24,26,27). The van der Waals surface area contributed by atoms with Crippen LogP contribution in [0.15, 0.2) is 47.2 Å². The number of nitrogens with two attached hydrogens (primary N) is 1. The van der Waals surface area contributed by atoms with E-state index in [-0.39, 0.29) is 17.0 Å².